The number of hydrogen-bond acceptors (Lipinski definition) is 3. The normalized spacial score (nSPS) is 36.4. The van der Waals surface area contributed by atoms with Gasteiger partial charge >= 0.3 is 5.97 Å². The van der Waals surface area contributed by atoms with Gasteiger partial charge in [0.1, 0.15) is 24.2 Å². The summed E-state index contributed by atoms with van der Waals surface area (Å²) in [5.74, 6) is 0.703. The van der Waals surface area contributed by atoms with Crippen LogP contribution in [0.2, 0.25) is 0 Å². The van der Waals surface area contributed by atoms with E-state index in [1.807, 2.05) is 37.3 Å². The SMILES string of the molecule is C=C1CCC[C@]2(C)C[C@H]3OC(=O)[C@@H](C[NH+](CC)C[C@](C)(O)c4ccccc4)[C@H]3C[C@H]12. The zero-order valence-corrected chi connectivity index (χ0v) is 18.8. The van der Waals surface area contributed by atoms with Gasteiger partial charge in [0.15, 0.2) is 0 Å². The molecule has 30 heavy (non-hydrogen) atoms. The van der Waals surface area contributed by atoms with E-state index in [2.05, 4.69) is 20.4 Å². The van der Waals surface area contributed by atoms with Gasteiger partial charge in [-0.15, -0.1) is 0 Å². The van der Waals surface area contributed by atoms with Crippen molar-refractivity contribution in [3.05, 3.63) is 48.0 Å². The number of fused-ring (bicyclic) bond motifs is 2. The first kappa shape index (κ1) is 21.6. The van der Waals surface area contributed by atoms with Gasteiger partial charge in [-0.3, -0.25) is 4.79 Å². The summed E-state index contributed by atoms with van der Waals surface area (Å²) < 4.78 is 5.94. The first-order valence-electron chi connectivity index (χ1n) is 11.7. The number of ether oxygens (including phenoxy) is 1. The van der Waals surface area contributed by atoms with Crippen LogP contribution in [0.3, 0.4) is 0 Å². The van der Waals surface area contributed by atoms with Crippen LogP contribution in [0.15, 0.2) is 42.5 Å². The van der Waals surface area contributed by atoms with Crippen molar-refractivity contribution >= 4 is 5.97 Å². The number of nitrogens with one attached hydrogen (secondary N) is 1. The summed E-state index contributed by atoms with van der Waals surface area (Å²) in [6.45, 7) is 13.0. The van der Waals surface area contributed by atoms with E-state index < -0.39 is 5.60 Å². The molecule has 164 valence electrons. The van der Waals surface area contributed by atoms with E-state index in [0.717, 1.165) is 37.9 Å². The van der Waals surface area contributed by atoms with E-state index in [-0.39, 0.29) is 29.3 Å². The maximum absolute atomic E-state index is 12.9. The van der Waals surface area contributed by atoms with E-state index in [1.54, 1.807) is 0 Å². The van der Waals surface area contributed by atoms with Crippen LogP contribution in [0.25, 0.3) is 0 Å². The third kappa shape index (κ3) is 3.97. The van der Waals surface area contributed by atoms with Crippen LogP contribution < -0.4 is 4.90 Å². The molecule has 1 aliphatic heterocycles. The summed E-state index contributed by atoms with van der Waals surface area (Å²) in [6, 6.07) is 9.84. The maximum Gasteiger partial charge on any atom is 0.315 e. The van der Waals surface area contributed by atoms with E-state index in [0.29, 0.717) is 12.5 Å². The Morgan fingerprint density at radius 3 is 2.77 bits per heavy atom. The minimum absolute atomic E-state index is 0.0248. The summed E-state index contributed by atoms with van der Waals surface area (Å²) in [5.41, 5.74) is 1.62. The number of carbonyl (C=O) groups excluding carboxylic acids is 1. The highest BCUT2D eigenvalue weighted by Gasteiger charge is 2.56. The number of rotatable bonds is 6. The molecule has 1 saturated heterocycles. The van der Waals surface area contributed by atoms with Crippen molar-refractivity contribution in [3.63, 3.8) is 0 Å². The number of benzene rings is 1. The van der Waals surface area contributed by atoms with Gasteiger partial charge in [0, 0.05) is 5.92 Å². The molecule has 1 heterocycles. The van der Waals surface area contributed by atoms with Crippen molar-refractivity contribution in [1.82, 2.24) is 0 Å². The molecule has 3 aliphatic rings. The van der Waals surface area contributed by atoms with Crippen LogP contribution in [-0.2, 0) is 15.1 Å². The van der Waals surface area contributed by atoms with Gasteiger partial charge in [-0.25, -0.2) is 0 Å². The monoisotopic (exact) mass is 412 g/mol. The predicted molar refractivity (Wildman–Crippen MR) is 118 cm³/mol. The minimum atomic E-state index is -0.919. The van der Waals surface area contributed by atoms with Gasteiger partial charge in [-0.05, 0) is 62.8 Å². The lowest BCUT2D eigenvalue weighted by atomic mass is 9.55. The molecule has 0 aromatic heterocycles. The maximum atomic E-state index is 12.9. The predicted octanol–water partition coefficient (Wildman–Crippen LogP) is 3.11. The number of hydrogen-bond donors (Lipinski definition) is 2. The van der Waals surface area contributed by atoms with Gasteiger partial charge in [-0.2, -0.15) is 0 Å². The molecular weight excluding hydrogens is 374 g/mol. The van der Waals surface area contributed by atoms with Gasteiger partial charge in [0.05, 0.1) is 13.1 Å². The van der Waals surface area contributed by atoms with E-state index >= 15 is 0 Å². The highest BCUT2D eigenvalue weighted by molar-refractivity contribution is 5.75. The Morgan fingerprint density at radius 2 is 2.07 bits per heavy atom. The molecule has 0 radical (unpaired) electrons. The van der Waals surface area contributed by atoms with Crippen molar-refractivity contribution in [2.24, 2.45) is 23.2 Å². The molecular formula is C26H38NO3+. The van der Waals surface area contributed by atoms with Crippen molar-refractivity contribution in [3.8, 4) is 0 Å². The second kappa shape index (κ2) is 8.12. The molecule has 3 fully saturated rings. The van der Waals surface area contributed by atoms with E-state index in [1.165, 1.54) is 23.3 Å². The third-order valence-electron chi connectivity index (χ3n) is 8.32. The highest BCUT2D eigenvalue weighted by Crippen LogP contribution is 2.56. The first-order valence-corrected chi connectivity index (χ1v) is 11.7. The molecule has 4 nitrogen and oxygen atoms in total. The Hall–Kier alpha value is -1.65. The van der Waals surface area contributed by atoms with Crippen LogP contribution in [0.1, 0.15) is 58.4 Å². The van der Waals surface area contributed by atoms with E-state index in [9.17, 15) is 9.90 Å². The second-order valence-electron chi connectivity index (χ2n) is 10.5. The number of esters is 1. The Labute approximate surface area is 181 Å². The van der Waals surface area contributed by atoms with Crippen molar-refractivity contribution in [2.45, 2.75) is 64.6 Å². The van der Waals surface area contributed by atoms with Crippen LogP contribution in [0.4, 0.5) is 0 Å². The number of carbonyl (C=O) groups is 1. The topological polar surface area (TPSA) is 51.0 Å². The molecule has 1 aromatic rings. The second-order valence-corrected chi connectivity index (χ2v) is 10.5. The standard InChI is InChI=1S/C26H37NO3/c1-5-27(17-26(4,29)19-11-7-6-8-12-19)16-21-20-14-22-18(2)10-9-13-25(22,3)15-23(20)30-24(21)28/h6-8,11-12,20-23,29H,2,5,9-10,13-17H2,1,3-4H3/p+1/t20-,21+,22-,23-,25-,26+/m1/s1. The summed E-state index contributed by atoms with van der Waals surface area (Å²) in [6.07, 6.45) is 5.62. The fourth-order valence-electron chi connectivity index (χ4n) is 6.53. The molecule has 2 aliphatic carbocycles. The summed E-state index contributed by atoms with van der Waals surface area (Å²) in [7, 11) is 0. The van der Waals surface area contributed by atoms with Crippen LogP contribution in [0, 0.1) is 23.2 Å². The number of quaternary nitrogens is 1. The molecule has 7 atom stereocenters. The zero-order chi connectivity index (χ0) is 21.5. The summed E-state index contributed by atoms with van der Waals surface area (Å²) in [5, 5.41) is 11.1. The van der Waals surface area contributed by atoms with Crippen molar-refractivity contribution < 1.29 is 19.5 Å². The molecule has 0 spiro atoms. The Kier molecular flexibility index (Phi) is 5.84. The van der Waals surface area contributed by atoms with E-state index in [4.69, 9.17) is 4.74 Å². The third-order valence-corrected chi connectivity index (χ3v) is 8.32. The number of likely N-dealkylation sites (N-methyl/N-ethyl adjacent to an activating group) is 1. The lowest BCUT2D eigenvalue weighted by Gasteiger charge is -2.50. The van der Waals surface area contributed by atoms with Gasteiger partial charge < -0.3 is 14.7 Å². The Balaban J connectivity index is 1.48. The Morgan fingerprint density at radius 1 is 1.33 bits per heavy atom. The van der Waals surface area contributed by atoms with Gasteiger partial charge in [0.2, 0.25) is 0 Å². The lowest BCUT2D eigenvalue weighted by molar-refractivity contribution is -0.908. The molecule has 1 unspecified atom stereocenters. The smallest absolute Gasteiger partial charge is 0.315 e. The molecule has 2 N–H and O–H groups in total. The molecule has 2 saturated carbocycles. The fraction of sp³-hybridized carbons (Fsp3) is 0.654. The van der Waals surface area contributed by atoms with Gasteiger partial charge in [0.25, 0.3) is 0 Å². The van der Waals surface area contributed by atoms with Crippen molar-refractivity contribution in [1.29, 1.82) is 0 Å². The van der Waals surface area contributed by atoms with Crippen LogP contribution in [0.5, 0.6) is 0 Å². The minimum Gasteiger partial charge on any atom is -0.462 e. The molecule has 0 amide bonds. The molecule has 4 rings (SSSR count). The number of allylic oxidation sites excluding steroid dienone is 1. The fourth-order valence-corrected chi connectivity index (χ4v) is 6.53. The quantitative estimate of drug-likeness (QED) is 0.558. The lowest BCUT2D eigenvalue weighted by Crippen LogP contribution is -3.14. The summed E-state index contributed by atoms with van der Waals surface area (Å²) >= 11 is 0. The highest BCUT2D eigenvalue weighted by atomic mass is 16.6. The molecule has 4 heteroatoms. The molecule has 0 bridgehead atoms. The van der Waals surface area contributed by atoms with Crippen LogP contribution in [-0.4, -0.2) is 36.8 Å². The first-order chi connectivity index (χ1) is 14.2. The molecule has 1 aromatic carbocycles. The summed E-state index contributed by atoms with van der Waals surface area (Å²) in [4.78, 5) is 14.2. The van der Waals surface area contributed by atoms with Gasteiger partial charge in [-0.1, -0.05) is 49.4 Å². The average molecular weight is 413 g/mol. The van der Waals surface area contributed by atoms with Crippen molar-refractivity contribution in [2.75, 3.05) is 19.6 Å². The zero-order valence-electron chi connectivity index (χ0n) is 18.8. The van der Waals surface area contributed by atoms with Crippen LogP contribution >= 0.6 is 0 Å². The largest absolute Gasteiger partial charge is 0.462 e. The number of aliphatic hydroxyl groups is 1. The Bertz CT molecular complexity index is 789. The average Bonchev–Trinajstić information content (AvgIpc) is 3.00.